The van der Waals surface area contributed by atoms with E-state index in [4.69, 9.17) is 0 Å². The standard InChI is InChI=1S/C12H21N3O2S/c1-3-5-8-13-12-7-6-11(10-14-12)15-18(16,17)9-4-2/h6-7,10,15H,3-5,8-9H2,1-2H3,(H,13,14). The van der Waals surface area contributed by atoms with Crippen molar-refractivity contribution in [1.29, 1.82) is 0 Å². The molecule has 1 aromatic heterocycles. The number of nitrogens with zero attached hydrogens (tertiary/aromatic N) is 1. The number of unbranched alkanes of at least 4 members (excludes halogenated alkanes) is 1. The lowest BCUT2D eigenvalue weighted by Crippen LogP contribution is -2.16. The van der Waals surface area contributed by atoms with Gasteiger partial charge in [-0.2, -0.15) is 0 Å². The van der Waals surface area contributed by atoms with E-state index in [0.29, 0.717) is 12.1 Å². The molecule has 0 aromatic carbocycles. The van der Waals surface area contributed by atoms with Gasteiger partial charge < -0.3 is 5.32 Å². The third kappa shape index (κ3) is 5.35. The van der Waals surface area contributed by atoms with E-state index in [1.165, 1.54) is 6.20 Å². The van der Waals surface area contributed by atoms with Crippen molar-refractivity contribution in [3.8, 4) is 0 Å². The number of anilines is 2. The molecule has 0 saturated heterocycles. The average molecular weight is 271 g/mol. The summed E-state index contributed by atoms with van der Waals surface area (Å²) >= 11 is 0. The summed E-state index contributed by atoms with van der Waals surface area (Å²) in [5, 5.41) is 3.17. The maximum atomic E-state index is 11.5. The molecule has 102 valence electrons. The Balaban J connectivity index is 2.55. The quantitative estimate of drug-likeness (QED) is 0.712. The summed E-state index contributed by atoms with van der Waals surface area (Å²) in [5.41, 5.74) is 0.504. The summed E-state index contributed by atoms with van der Waals surface area (Å²) in [5.74, 6) is 0.894. The second-order valence-corrected chi connectivity index (χ2v) is 5.98. The van der Waals surface area contributed by atoms with Gasteiger partial charge >= 0.3 is 0 Å². The first-order valence-electron chi connectivity index (χ1n) is 6.28. The number of sulfonamides is 1. The smallest absolute Gasteiger partial charge is 0.232 e. The molecule has 1 heterocycles. The molecule has 0 amide bonds. The lowest BCUT2D eigenvalue weighted by Gasteiger charge is -2.08. The summed E-state index contributed by atoms with van der Waals surface area (Å²) in [4.78, 5) is 4.16. The molecule has 2 N–H and O–H groups in total. The minimum Gasteiger partial charge on any atom is -0.370 e. The highest BCUT2D eigenvalue weighted by molar-refractivity contribution is 7.92. The van der Waals surface area contributed by atoms with Crippen LogP contribution < -0.4 is 10.0 Å². The van der Waals surface area contributed by atoms with E-state index >= 15 is 0 Å². The number of nitrogens with one attached hydrogen (secondary N) is 2. The number of pyridine rings is 1. The van der Waals surface area contributed by atoms with Crippen LogP contribution in [0.4, 0.5) is 11.5 Å². The molecule has 1 aromatic rings. The molecule has 0 aliphatic heterocycles. The van der Waals surface area contributed by atoms with Crippen molar-refractivity contribution < 1.29 is 8.42 Å². The second kappa shape index (κ2) is 7.20. The molecule has 0 atom stereocenters. The summed E-state index contributed by atoms with van der Waals surface area (Å²) in [7, 11) is -3.23. The largest absolute Gasteiger partial charge is 0.370 e. The summed E-state index contributed by atoms with van der Waals surface area (Å²) in [6, 6.07) is 3.49. The van der Waals surface area contributed by atoms with E-state index in [2.05, 4.69) is 21.9 Å². The van der Waals surface area contributed by atoms with Gasteiger partial charge in [0.2, 0.25) is 10.0 Å². The maximum Gasteiger partial charge on any atom is 0.232 e. The SMILES string of the molecule is CCCCNc1ccc(NS(=O)(=O)CCC)cn1. The highest BCUT2D eigenvalue weighted by Gasteiger charge is 2.08. The van der Waals surface area contributed by atoms with E-state index in [9.17, 15) is 8.42 Å². The fraction of sp³-hybridized carbons (Fsp3) is 0.583. The normalized spacial score (nSPS) is 11.2. The van der Waals surface area contributed by atoms with Gasteiger partial charge in [-0.05, 0) is 25.0 Å². The molecule has 0 unspecified atom stereocenters. The molecule has 0 aliphatic carbocycles. The average Bonchev–Trinajstić information content (AvgIpc) is 2.31. The van der Waals surface area contributed by atoms with E-state index in [-0.39, 0.29) is 5.75 Å². The monoisotopic (exact) mass is 271 g/mol. The molecular weight excluding hydrogens is 250 g/mol. The Morgan fingerprint density at radius 1 is 1.22 bits per heavy atom. The van der Waals surface area contributed by atoms with Crippen LogP contribution in [0, 0.1) is 0 Å². The molecular formula is C12H21N3O2S. The Morgan fingerprint density at radius 2 is 2.00 bits per heavy atom. The van der Waals surface area contributed by atoms with Gasteiger partial charge in [0.15, 0.2) is 0 Å². The minimum atomic E-state index is -3.23. The van der Waals surface area contributed by atoms with Crippen LogP contribution in [0.3, 0.4) is 0 Å². The van der Waals surface area contributed by atoms with Crippen molar-refractivity contribution in [2.24, 2.45) is 0 Å². The highest BCUT2D eigenvalue weighted by atomic mass is 32.2. The zero-order chi connectivity index (χ0) is 13.4. The molecule has 6 heteroatoms. The highest BCUT2D eigenvalue weighted by Crippen LogP contribution is 2.11. The molecule has 0 aliphatic rings. The Labute approximate surface area is 109 Å². The van der Waals surface area contributed by atoms with Crippen molar-refractivity contribution >= 4 is 21.5 Å². The molecule has 0 fully saturated rings. The van der Waals surface area contributed by atoms with Crippen LogP contribution >= 0.6 is 0 Å². The van der Waals surface area contributed by atoms with Crippen LogP contribution in [0.25, 0.3) is 0 Å². The van der Waals surface area contributed by atoms with Crippen LogP contribution in [0.1, 0.15) is 33.1 Å². The predicted octanol–water partition coefficient (Wildman–Crippen LogP) is 2.45. The van der Waals surface area contributed by atoms with Gasteiger partial charge in [-0.1, -0.05) is 20.3 Å². The molecule has 0 saturated carbocycles. The molecule has 1 rings (SSSR count). The van der Waals surface area contributed by atoms with Crippen molar-refractivity contribution in [2.45, 2.75) is 33.1 Å². The van der Waals surface area contributed by atoms with Crippen LogP contribution in [0.15, 0.2) is 18.3 Å². The minimum absolute atomic E-state index is 0.128. The number of aromatic nitrogens is 1. The fourth-order valence-corrected chi connectivity index (χ4v) is 2.57. The van der Waals surface area contributed by atoms with Crippen LogP contribution in [0.5, 0.6) is 0 Å². The second-order valence-electron chi connectivity index (χ2n) is 4.13. The predicted molar refractivity (Wildman–Crippen MR) is 75.3 cm³/mol. The zero-order valence-electron chi connectivity index (χ0n) is 10.9. The molecule has 0 bridgehead atoms. The van der Waals surface area contributed by atoms with Gasteiger partial charge in [0.25, 0.3) is 0 Å². The fourth-order valence-electron chi connectivity index (χ4n) is 1.45. The number of hydrogen-bond acceptors (Lipinski definition) is 4. The van der Waals surface area contributed by atoms with E-state index in [0.717, 1.165) is 25.2 Å². The van der Waals surface area contributed by atoms with E-state index in [1.807, 2.05) is 6.92 Å². The lowest BCUT2D eigenvalue weighted by atomic mass is 10.3. The Bertz CT molecular complexity index is 443. The first kappa shape index (κ1) is 14.8. The molecule has 0 radical (unpaired) electrons. The summed E-state index contributed by atoms with van der Waals surface area (Å²) in [6.45, 7) is 4.84. The molecule has 5 nitrogen and oxygen atoms in total. The third-order valence-electron chi connectivity index (χ3n) is 2.35. The van der Waals surface area contributed by atoms with Gasteiger partial charge in [-0.15, -0.1) is 0 Å². The summed E-state index contributed by atoms with van der Waals surface area (Å²) < 4.78 is 25.6. The van der Waals surface area contributed by atoms with Gasteiger partial charge in [0.05, 0.1) is 17.6 Å². The zero-order valence-corrected chi connectivity index (χ0v) is 11.8. The van der Waals surface area contributed by atoms with Crippen molar-refractivity contribution in [1.82, 2.24) is 4.98 Å². The van der Waals surface area contributed by atoms with Gasteiger partial charge in [0.1, 0.15) is 5.82 Å². The molecule has 18 heavy (non-hydrogen) atoms. The van der Waals surface area contributed by atoms with Crippen LogP contribution in [-0.4, -0.2) is 25.7 Å². The van der Waals surface area contributed by atoms with E-state index < -0.39 is 10.0 Å². The van der Waals surface area contributed by atoms with Gasteiger partial charge in [-0.25, -0.2) is 13.4 Å². The van der Waals surface area contributed by atoms with Crippen LogP contribution in [-0.2, 0) is 10.0 Å². The third-order valence-corrected chi connectivity index (χ3v) is 3.84. The number of rotatable bonds is 8. The van der Waals surface area contributed by atoms with E-state index in [1.54, 1.807) is 12.1 Å². The van der Waals surface area contributed by atoms with Crippen molar-refractivity contribution in [3.63, 3.8) is 0 Å². The van der Waals surface area contributed by atoms with Gasteiger partial charge in [0, 0.05) is 6.54 Å². The first-order valence-corrected chi connectivity index (χ1v) is 7.93. The maximum absolute atomic E-state index is 11.5. The van der Waals surface area contributed by atoms with Crippen molar-refractivity contribution in [3.05, 3.63) is 18.3 Å². The molecule has 0 spiro atoms. The summed E-state index contributed by atoms with van der Waals surface area (Å²) in [6.07, 6.45) is 4.34. The Kier molecular flexibility index (Phi) is 5.91. The van der Waals surface area contributed by atoms with Crippen LogP contribution in [0.2, 0.25) is 0 Å². The van der Waals surface area contributed by atoms with Gasteiger partial charge in [-0.3, -0.25) is 4.72 Å². The topological polar surface area (TPSA) is 71.1 Å². The Morgan fingerprint density at radius 3 is 2.56 bits per heavy atom. The number of hydrogen-bond donors (Lipinski definition) is 2. The Hall–Kier alpha value is -1.30. The van der Waals surface area contributed by atoms with Crippen molar-refractivity contribution in [2.75, 3.05) is 22.3 Å². The lowest BCUT2D eigenvalue weighted by molar-refractivity contribution is 0.600. The first-order chi connectivity index (χ1) is 8.57.